The molecule has 0 radical (unpaired) electrons. The molecule has 1 saturated heterocycles. The van der Waals surface area contributed by atoms with E-state index < -0.39 is 11.9 Å². The quantitative estimate of drug-likeness (QED) is 0.183. The summed E-state index contributed by atoms with van der Waals surface area (Å²) in [5, 5.41) is 0.452. The van der Waals surface area contributed by atoms with Crippen molar-refractivity contribution in [3.63, 3.8) is 0 Å². The molecule has 6 rings (SSSR count). The van der Waals surface area contributed by atoms with Crippen molar-refractivity contribution in [1.29, 1.82) is 0 Å². The molecule has 230 valence electrons. The van der Waals surface area contributed by atoms with Gasteiger partial charge in [0.05, 0.1) is 5.02 Å². The Morgan fingerprint density at radius 3 is 2.43 bits per heavy atom. The van der Waals surface area contributed by atoms with E-state index in [1.54, 1.807) is 18.2 Å². The minimum Gasteiger partial charge on any atom is -0.488 e. The van der Waals surface area contributed by atoms with Crippen LogP contribution in [0.15, 0.2) is 72.9 Å². The molecule has 1 aromatic heterocycles. The molecule has 44 heavy (non-hydrogen) atoms. The molecular weight excluding hydrogens is 592 g/mol. The Morgan fingerprint density at radius 2 is 1.70 bits per heavy atom. The number of nitrogens with zero attached hydrogens (tertiary/aromatic N) is 2. The fourth-order valence-corrected chi connectivity index (χ4v) is 6.28. The Bertz CT molecular complexity index is 1620. The second-order valence-corrected chi connectivity index (χ2v) is 12.1. The van der Waals surface area contributed by atoms with Crippen LogP contribution < -0.4 is 9.47 Å². The van der Waals surface area contributed by atoms with Crippen molar-refractivity contribution in [1.82, 2.24) is 9.88 Å². The molecule has 1 aliphatic heterocycles. The maximum Gasteiger partial charge on any atom is 0.433 e. The number of likely N-dealkylation sites (tertiary alicyclic amines) is 1. The number of aromatic nitrogens is 1. The van der Waals surface area contributed by atoms with Gasteiger partial charge in [0.2, 0.25) is 0 Å². The largest absolute Gasteiger partial charge is 0.488 e. The van der Waals surface area contributed by atoms with Crippen molar-refractivity contribution >= 4 is 11.6 Å². The smallest absolute Gasteiger partial charge is 0.433 e. The molecule has 1 atom stereocenters. The van der Waals surface area contributed by atoms with Crippen molar-refractivity contribution in [2.24, 2.45) is 5.92 Å². The van der Waals surface area contributed by atoms with Gasteiger partial charge >= 0.3 is 6.18 Å². The number of piperidine rings is 1. The van der Waals surface area contributed by atoms with Gasteiger partial charge in [0.15, 0.2) is 0 Å². The average Bonchev–Trinajstić information content (AvgIpc) is 3.42. The first kappa shape index (κ1) is 30.4. The van der Waals surface area contributed by atoms with Gasteiger partial charge in [-0.2, -0.15) is 13.2 Å². The van der Waals surface area contributed by atoms with Crippen LogP contribution in [0.1, 0.15) is 60.2 Å². The van der Waals surface area contributed by atoms with Crippen LogP contribution in [0.2, 0.25) is 5.02 Å². The van der Waals surface area contributed by atoms with Crippen LogP contribution in [-0.4, -0.2) is 23.0 Å². The molecule has 1 aliphatic carbocycles. The highest BCUT2D eigenvalue weighted by atomic mass is 35.5. The van der Waals surface area contributed by atoms with Crippen LogP contribution in [-0.2, 0) is 25.7 Å². The Kier molecular flexibility index (Phi) is 8.83. The minimum atomic E-state index is -4.50. The minimum absolute atomic E-state index is 0.0362. The van der Waals surface area contributed by atoms with Crippen molar-refractivity contribution in [2.75, 3.05) is 13.1 Å². The van der Waals surface area contributed by atoms with Crippen LogP contribution in [0.5, 0.6) is 11.5 Å². The Hall–Kier alpha value is -3.62. The number of pyridine rings is 1. The molecule has 0 unspecified atom stereocenters. The van der Waals surface area contributed by atoms with Crippen molar-refractivity contribution < 1.29 is 27.0 Å². The molecule has 4 aromatic rings. The summed E-state index contributed by atoms with van der Waals surface area (Å²) in [7, 11) is 0. The van der Waals surface area contributed by atoms with Crippen molar-refractivity contribution in [3.8, 4) is 22.6 Å². The summed E-state index contributed by atoms with van der Waals surface area (Å²) in [6, 6.07) is 18.6. The lowest BCUT2D eigenvalue weighted by atomic mass is 9.96. The highest BCUT2D eigenvalue weighted by molar-refractivity contribution is 6.32. The third-order valence-corrected chi connectivity index (χ3v) is 8.84. The molecule has 0 saturated carbocycles. The predicted octanol–water partition coefficient (Wildman–Crippen LogP) is 9.44. The summed E-state index contributed by atoms with van der Waals surface area (Å²) in [5.41, 5.74) is 3.92. The van der Waals surface area contributed by atoms with Crippen LogP contribution in [0.4, 0.5) is 17.6 Å². The SMILES string of the molecule is CC1CCN(Cc2cc(Cl)c(O[C@H]3CCc4c(-c5ccccc5F)cccc43)cc2OCc2ccc(C(F)(F)F)nc2)CC1. The first-order valence-electron chi connectivity index (χ1n) is 14.9. The number of fused-ring (bicyclic) bond motifs is 1. The Balaban J connectivity index is 1.26. The monoisotopic (exact) mass is 624 g/mol. The topological polar surface area (TPSA) is 34.6 Å². The number of hydrogen-bond acceptors (Lipinski definition) is 4. The number of alkyl halides is 3. The molecule has 9 heteroatoms. The van der Waals surface area contributed by atoms with Gasteiger partial charge in [0.1, 0.15) is 35.7 Å². The molecule has 0 bridgehead atoms. The first-order valence-corrected chi connectivity index (χ1v) is 15.3. The van der Waals surface area contributed by atoms with E-state index in [0.29, 0.717) is 46.5 Å². The van der Waals surface area contributed by atoms with E-state index in [1.165, 1.54) is 18.3 Å². The van der Waals surface area contributed by atoms with Gasteiger partial charge in [-0.25, -0.2) is 4.39 Å². The van der Waals surface area contributed by atoms with E-state index in [9.17, 15) is 17.6 Å². The van der Waals surface area contributed by atoms with Gasteiger partial charge in [-0.1, -0.05) is 61.0 Å². The lowest BCUT2D eigenvalue weighted by Crippen LogP contribution is -2.32. The van der Waals surface area contributed by atoms with Crippen LogP contribution in [0, 0.1) is 11.7 Å². The molecule has 4 nitrogen and oxygen atoms in total. The second kappa shape index (κ2) is 12.8. The third-order valence-electron chi connectivity index (χ3n) is 8.54. The fraction of sp³-hybridized carbons (Fsp3) is 0.343. The van der Waals surface area contributed by atoms with E-state index in [2.05, 4.69) is 16.8 Å². The van der Waals surface area contributed by atoms with Crippen molar-refractivity contribution in [2.45, 2.75) is 58.0 Å². The average molecular weight is 625 g/mol. The zero-order valence-corrected chi connectivity index (χ0v) is 25.1. The second-order valence-electron chi connectivity index (χ2n) is 11.7. The van der Waals surface area contributed by atoms with Crippen LogP contribution >= 0.6 is 11.6 Å². The summed E-state index contributed by atoms with van der Waals surface area (Å²) in [6.45, 7) is 4.85. The van der Waals surface area contributed by atoms with E-state index in [4.69, 9.17) is 21.1 Å². The molecule has 0 spiro atoms. The number of ether oxygens (including phenoxy) is 2. The van der Waals surface area contributed by atoms with Gasteiger partial charge in [-0.05, 0) is 79.6 Å². The maximum atomic E-state index is 14.7. The molecule has 3 aromatic carbocycles. The summed E-state index contributed by atoms with van der Waals surface area (Å²) in [6.07, 6.45) is 0.0584. The third kappa shape index (κ3) is 6.71. The number of rotatable bonds is 8. The first-order chi connectivity index (χ1) is 21.2. The van der Waals surface area contributed by atoms with E-state index in [1.807, 2.05) is 30.3 Å². The highest BCUT2D eigenvalue weighted by Gasteiger charge is 2.32. The fourth-order valence-electron chi connectivity index (χ4n) is 6.05. The summed E-state index contributed by atoms with van der Waals surface area (Å²) >= 11 is 6.81. The molecule has 2 aliphatic rings. The van der Waals surface area contributed by atoms with Crippen molar-refractivity contribution in [3.05, 3.63) is 112 Å². The van der Waals surface area contributed by atoms with Crippen LogP contribution in [0.3, 0.4) is 0 Å². The zero-order valence-electron chi connectivity index (χ0n) is 24.3. The van der Waals surface area contributed by atoms with E-state index >= 15 is 0 Å². The maximum absolute atomic E-state index is 14.7. The van der Waals surface area contributed by atoms with Crippen LogP contribution in [0.25, 0.3) is 11.1 Å². The highest BCUT2D eigenvalue weighted by Crippen LogP contribution is 2.43. The van der Waals surface area contributed by atoms with Gasteiger partial charge < -0.3 is 9.47 Å². The van der Waals surface area contributed by atoms with E-state index in [-0.39, 0.29) is 18.5 Å². The van der Waals surface area contributed by atoms with Gasteiger partial charge in [0.25, 0.3) is 0 Å². The normalized spacial score (nSPS) is 17.5. The van der Waals surface area contributed by atoms with Gasteiger partial charge in [-0.15, -0.1) is 0 Å². The van der Waals surface area contributed by atoms with E-state index in [0.717, 1.165) is 60.7 Å². The lowest BCUT2D eigenvalue weighted by molar-refractivity contribution is -0.141. The Labute approximate surface area is 259 Å². The lowest BCUT2D eigenvalue weighted by Gasteiger charge is -2.31. The molecular formula is C35H33ClF4N2O2. The standard InChI is InChI=1S/C35H33ClF4N2O2/c1-22-13-15-42(16-14-22)20-24-17-29(36)33(18-32(24)43-21-23-9-12-34(41-19-23)35(38,39)40)44-31-11-10-26-25(6-4-7-28(26)31)27-5-2-3-8-30(27)37/h2-9,12,17-19,22,31H,10-11,13-16,20-21H2,1H3/t31-/m0/s1. The summed E-state index contributed by atoms with van der Waals surface area (Å²) in [4.78, 5) is 5.92. The number of benzene rings is 3. The molecule has 0 amide bonds. The molecule has 2 heterocycles. The van der Waals surface area contributed by atoms with Gasteiger partial charge in [0, 0.05) is 35.5 Å². The molecule has 0 N–H and O–H groups in total. The zero-order chi connectivity index (χ0) is 30.8. The Morgan fingerprint density at radius 1 is 0.932 bits per heavy atom. The number of hydrogen-bond donors (Lipinski definition) is 0. The number of halogens is 5. The van der Waals surface area contributed by atoms with Gasteiger partial charge in [-0.3, -0.25) is 9.88 Å². The summed E-state index contributed by atoms with van der Waals surface area (Å²) in [5.74, 6) is 1.43. The predicted molar refractivity (Wildman–Crippen MR) is 162 cm³/mol. The summed E-state index contributed by atoms with van der Waals surface area (Å²) < 4.78 is 66.4. The molecule has 1 fully saturated rings.